The second kappa shape index (κ2) is 12.6. The lowest BCUT2D eigenvalue weighted by molar-refractivity contribution is -0.0450. The van der Waals surface area contributed by atoms with Crippen molar-refractivity contribution in [3.8, 4) is 24.2 Å². The highest BCUT2D eigenvalue weighted by molar-refractivity contribution is 7.66. The summed E-state index contributed by atoms with van der Waals surface area (Å²) >= 11 is 0. The van der Waals surface area contributed by atoms with Crippen LogP contribution >= 0.6 is 23.5 Å². The standard InChI is InChI=1S/C17H23N2O14P3/c1-2-3-4-5-6-7-8-12-10-19(17(22)18-16(12)21)15-9-13(20)14(31-15)11-30-35(26,27)33-36(28,29)32-34(23,24)25/h1,10,13-15,20H,3-6,9,11H2,(H,26,27)(H,28,29)(H,18,21,22)(H2,23,24,25). The Hall–Kier alpha value is -1.87. The molecule has 1 fully saturated rings. The molecule has 0 aromatic carbocycles. The molecule has 0 saturated carbocycles. The Morgan fingerprint density at radius 2 is 1.78 bits per heavy atom. The lowest BCUT2D eigenvalue weighted by atomic mass is 10.2. The molecule has 200 valence electrons. The predicted octanol–water partition coefficient (Wildman–Crippen LogP) is 0.0734. The number of hydrogen-bond acceptors (Lipinski definition) is 10. The van der Waals surface area contributed by atoms with Crippen LogP contribution in [0.15, 0.2) is 15.8 Å². The van der Waals surface area contributed by atoms with Crippen molar-refractivity contribution in [2.24, 2.45) is 0 Å². The van der Waals surface area contributed by atoms with Crippen LogP contribution in [0.4, 0.5) is 0 Å². The van der Waals surface area contributed by atoms with Crippen molar-refractivity contribution in [2.45, 2.75) is 50.5 Å². The van der Waals surface area contributed by atoms with Crippen molar-refractivity contribution in [3.05, 3.63) is 32.6 Å². The first-order chi connectivity index (χ1) is 16.6. The minimum atomic E-state index is -5.71. The molecule has 1 aliphatic heterocycles. The van der Waals surface area contributed by atoms with Gasteiger partial charge in [0.05, 0.1) is 12.7 Å². The van der Waals surface area contributed by atoms with E-state index in [0.717, 1.165) is 17.2 Å². The molecule has 2 rings (SSSR count). The Kier molecular flexibility index (Phi) is 10.6. The largest absolute Gasteiger partial charge is 0.490 e. The van der Waals surface area contributed by atoms with Gasteiger partial charge in [0, 0.05) is 25.5 Å². The molecule has 19 heteroatoms. The number of aromatic nitrogens is 2. The summed E-state index contributed by atoms with van der Waals surface area (Å²) in [6, 6.07) is 0. The summed E-state index contributed by atoms with van der Waals surface area (Å²) in [5.74, 6) is 7.91. The number of aromatic amines is 1. The predicted molar refractivity (Wildman–Crippen MR) is 120 cm³/mol. The van der Waals surface area contributed by atoms with E-state index >= 15 is 0 Å². The van der Waals surface area contributed by atoms with Crippen LogP contribution in [-0.4, -0.2) is 53.0 Å². The van der Waals surface area contributed by atoms with Crippen molar-refractivity contribution in [3.63, 3.8) is 0 Å². The Labute approximate surface area is 203 Å². The first kappa shape index (κ1) is 30.4. The van der Waals surface area contributed by atoms with Gasteiger partial charge in [0.25, 0.3) is 5.56 Å². The summed E-state index contributed by atoms with van der Waals surface area (Å²) in [6.07, 6.45) is 4.70. The number of rotatable bonds is 11. The van der Waals surface area contributed by atoms with E-state index < -0.39 is 59.8 Å². The van der Waals surface area contributed by atoms with Gasteiger partial charge in [0.1, 0.15) is 17.9 Å². The molecule has 0 amide bonds. The van der Waals surface area contributed by atoms with Crippen LogP contribution in [0.2, 0.25) is 0 Å². The Morgan fingerprint density at radius 3 is 2.42 bits per heavy atom. The van der Waals surface area contributed by atoms with Crippen molar-refractivity contribution in [1.29, 1.82) is 0 Å². The summed E-state index contributed by atoms with van der Waals surface area (Å²) < 4.78 is 51.9. The van der Waals surface area contributed by atoms with Crippen LogP contribution in [0.1, 0.15) is 43.9 Å². The molecule has 1 saturated heterocycles. The molecule has 0 spiro atoms. The first-order valence-electron chi connectivity index (χ1n) is 10.0. The van der Waals surface area contributed by atoms with E-state index in [1.54, 1.807) is 0 Å². The number of nitrogens with one attached hydrogen (secondary N) is 1. The van der Waals surface area contributed by atoms with Gasteiger partial charge in [-0.3, -0.25) is 18.9 Å². The molecular weight excluding hydrogens is 549 g/mol. The van der Waals surface area contributed by atoms with Gasteiger partial charge in [-0.1, -0.05) is 11.8 Å². The smallest absolute Gasteiger partial charge is 0.390 e. The zero-order valence-electron chi connectivity index (χ0n) is 18.3. The third kappa shape index (κ3) is 9.88. The fourth-order valence-corrected chi connectivity index (χ4v) is 5.92. The molecule has 0 aliphatic carbocycles. The Bertz CT molecular complexity index is 1300. The number of hydrogen-bond donors (Lipinski definition) is 6. The van der Waals surface area contributed by atoms with E-state index in [1.807, 2.05) is 0 Å². The average Bonchev–Trinajstić information content (AvgIpc) is 3.08. The van der Waals surface area contributed by atoms with Crippen LogP contribution in [-0.2, 0) is 31.6 Å². The van der Waals surface area contributed by atoms with Gasteiger partial charge in [-0.15, -0.1) is 12.3 Å². The normalized spacial score (nSPS) is 23.2. The highest BCUT2D eigenvalue weighted by Crippen LogP contribution is 2.66. The molecule has 6 N–H and O–H groups in total. The van der Waals surface area contributed by atoms with E-state index in [2.05, 4.69) is 35.9 Å². The number of H-pyrrole nitrogens is 1. The van der Waals surface area contributed by atoms with Crippen LogP contribution in [0, 0.1) is 24.2 Å². The lowest BCUT2D eigenvalue weighted by Crippen LogP contribution is -2.33. The fraction of sp³-hybridized carbons (Fsp3) is 0.529. The molecule has 1 aromatic rings. The highest BCUT2D eigenvalue weighted by atomic mass is 31.3. The number of unbranched alkanes of at least 4 members (excludes halogenated alkanes) is 3. The number of aliphatic hydroxyl groups is 1. The zero-order chi connectivity index (χ0) is 27.1. The summed E-state index contributed by atoms with van der Waals surface area (Å²) in [7, 11) is -16.7. The number of nitrogens with zero attached hydrogens (tertiary/aromatic N) is 1. The molecular formula is C17H23N2O14P3. The van der Waals surface area contributed by atoms with Crippen molar-refractivity contribution in [1.82, 2.24) is 9.55 Å². The molecule has 5 unspecified atom stereocenters. The van der Waals surface area contributed by atoms with E-state index in [4.69, 9.17) is 25.8 Å². The minimum Gasteiger partial charge on any atom is -0.390 e. The van der Waals surface area contributed by atoms with Gasteiger partial charge in [0.15, 0.2) is 0 Å². The van der Waals surface area contributed by atoms with Gasteiger partial charge < -0.3 is 29.4 Å². The van der Waals surface area contributed by atoms with Crippen molar-refractivity contribution >= 4 is 23.5 Å². The van der Waals surface area contributed by atoms with Crippen LogP contribution in [0.25, 0.3) is 0 Å². The summed E-state index contributed by atoms with van der Waals surface area (Å²) in [5.41, 5.74) is -1.68. The van der Waals surface area contributed by atoms with Gasteiger partial charge >= 0.3 is 29.2 Å². The van der Waals surface area contributed by atoms with E-state index in [9.17, 15) is 33.3 Å². The fourth-order valence-electron chi connectivity index (χ4n) is 2.89. The molecule has 0 bridgehead atoms. The number of phosphoric acid groups is 3. The zero-order valence-corrected chi connectivity index (χ0v) is 21.0. The monoisotopic (exact) mass is 572 g/mol. The lowest BCUT2D eigenvalue weighted by Gasteiger charge is -2.19. The molecule has 16 nitrogen and oxygen atoms in total. The number of ether oxygens (including phenoxy) is 1. The van der Waals surface area contributed by atoms with Gasteiger partial charge in [-0.25, -0.2) is 18.5 Å². The first-order valence-corrected chi connectivity index (χ1v) is 14.5. The third-order valence-corrected chi connectivity index (χ3v) is 8.20. The summed E-state index contributed by atoms with van der Waals surface area (Å²) in [6.45, 7) is -0.913. The second-order valence-electron chi connectivity index (χ2n) is 7.24. The highest BCUT2D eigenvalue weighted by Gasteiger charge is 2.43. The maximum absolute atomic E-state index is 12.2. The van der Waals surface area contributed by atoms with Crippen LogP contribution < -0.4 is 11.2 Å². The third-order valence-electron chi connectivity index (χ3n) is 4.40. The van der Waals surface area contributed by atoms with Gasteiger partial charge in [0.2, 0.25) is 0 Å². The average molecular weight is 572 g/mol. The Morgan fingerprint density at radius 1 is 1.11 bits per heavy atom. The summed E-state index contributed by atoms with van der Waals surface area (Å²) in [5, 5.41) is 10.2. The topological polar surface area (TPSA) is 244 Å². The van der Waals surface area contributed by atoms with E-state index in [0.29, 0.717) is 19.3 Å². The number of phosphoric ester groups is 1. The van der Waals surface area contributed by atoms with Crippen LogP contribution in [0.5, 0.6) is 0 Å². The summed E-state index contributed by atoms with van der Waals surface area (Å²) in [4.78, 5) is 62.1. The SMILES string of the molecule is C#CCCCCC#Cc1cn(C2CC(O)C(COP(=O)(O)OP(=O)(O)OP(=O)(O)O)O2)c(=O)[nH]c1=O. The van der Waals surface area contributed by atoms with Gasteiger partial charge in [-0.05, 0) is 12.8 Å². The van der Waals surface area contributed by atoms with E-state index in [1.165, 1.54) is 0 Å². The maximum Gasteiger partial charge on any atom is 0.490 e. The Balaban J connectivity index is 2.06. The molecule has 1 aliphatic rings. The number of aliphatic hydroxyl groups excluding tert-OH is 1. The van der Waals surface area contributed by atoms with Crippen molar-refractivity contribution in [2.75, 3.05) is 6.61 Å². The van der Waals surface area contributed by atoms with Crippen molar-refractivity contribution < 1.29 is 56.3 Å². The van der Waals surface area contributed by atoms with Gasteiger partial charge in [-0.2, -0.15) is 8.62 Å². The molecule has 1 aromatic heterocycles. The molecule has 5 atom stereocenters. The second-order valence-corrected chi connectivity index (χ2v) is 11.7. The van der Waals surface area contributed by atoms with Crippen LogP contribution in [0.3, 0.4) is 0 Å². The molecule has 0 radical (unpaired) electrons. The molecule has 36 heavy (non-hydrogen) atoms. The van der Waals surface area contributed by atoms with E-state index in [-0.39, 0.29) is 12.0 Å². The minimum absolute atomic E-state index is 0.0543. The quantitative estimate of drug-likeness (QED) is 0.117. The number of terminal acetylenes is 1. The maximum atomic E-state index is 12.2. The molecule has 2 heterocycles.